The molecule has 0 radical (unpaired) electrons. The second-order valence-corrected chi connectivity index (χ2v) is 8.64. The van der Waals surface area contributed by atoms with Gasteiger partial charge >= 0.3 is 11.8 Å². The van der Waals surface area contributed by atoms with Crippen molar-refractivity contribution in [1.29, 1.82) is 0 Å². The van der Waals surface area contributed by atoms with Crippen molar-refractivity contribution in [3.63, 3.8) is 0 Å². The molecule has 7 nitrogen and oxygen atoms in total. The molecule has 0 aliphatic rings. The van der Waals surface area contributed by atoms with E-state index in [0.29, 0.717) is 0 Å². The molecule has 0 saturated heterocycles. The summed E-state index contributed by atoms with van der Waals surface area (Å²) in [5.41, 5.74) is 2.46. The maximum Gasteiger partial charge on any atom is 0.349 e. The number of rotatable bonds is 7. The summed E-state index contributed by atoms with van der Waals surface area (Å²) < 4.78 is 14.4. The number of hydrogen-bond acceptors (Lipinski definition) is 5. The molecule has 0 saturated carbocycles. The number of esters is 1. The van der Waals surface area contributed by atoms with Crippen LogP contribution in [0.1, 0.15) is 26.3 Å². The van der Waals surface area contributed by atoms with Gasteiger partial charge in [0.1, 0.15) is 17.5 Å². The largest absolute Gasteiger partial charge is 1.00 e. The number of anilines is 1. The standard InChI is InChI=1S/C25H31N4O3.BrH/c1-25(2,3)32-23(30)18-28-15-16-29(24(28)20-9-13-22(31-6)14-10-20)26-17-19-7-11-21(12-8-19)27(4)5;/h7-17H,18H2,1-6H3;1H/q+1;/p-1/b26-17+;. The van der Waals surface area contributed by atoms with E-state index < -0.39 is 5.60 Å². The quantitative estimate of drug-likeness (QED) is 0.265. The normalized spacial score (nSPS) is 11.2. The fraction of sp³-hybridized carbons (Fsp3) is 0.320. The Morgan fingerprint density at radius 3 is 2.27 bits per heavy atom. The molecule has 0 amide bonds. The van der Waals surface area contributed by atoms with E-state index in [9.17, 15) is 4.79 Å². The Bertz CT molecular complexity index is 1080. The van der Waals surface area contributed by atoms with Crippen molar-refractivity contribution in [3.8, 4) is 17.1 Å². The molecule has 176 valence electrons. The molecule has 2 aromatic carbocycles. The molecule has 0 aliphatic carbocycles. The van der Waals surface area contributed by atoms with Gasteiger partial charge in [0.25, 0.3) is 0 Å². The molecule has 8 heteroatoms. The summed E-state index contributed by atoms with van der Waals surface area (Å²) >= 11 is 0. The van der Waals surface area contributed by atoms with Crippen LogP contribution in [0.15, 0.2) is 66.0 Å². The van der Waals surface area contributed by atoms with Crippen LogP contribution < -0.4 is 31.2 Å². The topological polar surface area (TPSA) is 59.9 Å². The molecule has 0 fully saturated rings. The smallest absolute Gasteiger partial charge is 0.349 e. The van der Waals surface area contributed by atoms with Gasteiger partial charge in [0.2, 0.25) is 0 Å². The Kier molecular flexibility index (Phi) is 8.82. The highest BCUT2D eigenvalue weighted by Gasteiger charge is 2.24. The average molecular weight is 515 g/mol. The third kappa shape index (κ3) is 7.18. The lowest BCUT2D eigenvalue weighted by molar-refractivity contribution is -0.674. The molecule has 3 rings (SSSR count). The predicted molar refractivity (Wildman–Crippen MR) is 126 cm³/mol. The Morgan fingerprint density at radius 1 is 1.09 bits per heavy atom. The number of methoxy groups -OCH3 is 1. The Labute approximate surface area is 206 Å². The number of imidazole rings is 1. The van der Waals surface area contributed by atoms with Crippen molar-refractivity contribution in [2.24, 2.45) is 5.10 Å². The molecule has 3 aromatic rings. The number of hydrogen-bond donors (Lipinski definition) is 0. The summed E-state index contributed by atoms with van der Waals surface area (Å²) in [5, 5.41) is 4.65. The summed E-state index contributed by atoms with van der Waals surface area (Å²) in [7, 11) is 5.65. The van der Waals surface area contributed by atoms with Crippen LogP contribution >= 0.6 is 0 Å². The van der Waals surface area contributed by atoms with Crippen LogP contribution in [0.3, 0.4) is 0 Å². The lowest BCUT2D eigenvalue weighted by atomic mass is 10.2. The number of halogens is 1. The van der Waals surface area contributed by atoms with Crippen LogP contribution in [-0.2, 0) is 16.1 Å². The zero-order chi connectivity index (χ0) is 23.3. The molecule has 0 spiro atoms. The van der Waals surface area contributed by atoms with Gasteiger partial charge in [0.05, 0.1) is 18.9 Å². The van der Waals surface area contributed by atoms with E-state index >= 15 is 0 Å². The maximum atomic E-state index is 12.5. The summed E-state index contributed by atoms with van der Waals surface area (Å²) in [5.74, 6) is 1.22. The fourth-order valence-electron chi connectivity index (χ4n) is 3.18. The van der Waals surface area contributed by atoms with E-state index in [1.54, 1.807) is 18.0 Å². The monoisotopic (exact) mass is 514 g/mol. The zero-order valence-electron chi connectivity index (χ0n) is 19.9. The van der Waals surface area contributed by atoms with Gasteiger partial charge in [0.15, 0.2) is 12.7 Å². The van der Waals surface area contributed by atoms with Crippen LogP contribution in [-0.4, -0.2) is 43.7 Å². The minimum Gasteiger partial charge on any atom is -1.00 e. The van der Waals surface area contributed by atoms with Gasteiger partial charge in [-0.2, -0.15) is 0 Å². The van der Waals surface area contributed by atoms with Crippen molar-refractivity contribution in [2.45, 2.75) is 32.9 Å². The Balaban J connectivity index is 0.00000385. The molecule has 0 atom stereocenters. The first-order valence-electron chi connectivity index (χ1n) is 10.4. The minimum atomic E-state index is -0.544. The lowest BCUT2D eigenvalue weighted by Gasteiger charge is -2.18. The number of carbonyl (C=O) groups is 1. The minimum absolute atomic E-state index is 0. The maximum absolute atomic E-state index is 12.5. The molecular weight excluding hydrogens is 484 g/mol. The van der Waals surface area contributed by atoms with Gasteiger partial charge in [0, 0.05) is 19.8 Å². The van der Waals surface area contributed by atoms with E-state index in [1.807, 2.05) is 105 Å². The number of aromatic nitrogens is 2. The highest BCUT2D eigenvalue weighted by Crippen LogP contribution is 2.21. The summed E-state index contributed by atoms with van der Waals surface area (Å²) in [6.07, 6.45) is 5.45. The number of nitrogens with zero attached hydrogens (tertiary/aromatic N) is 4. The van der Waals surface area contributed by atoms with E-state index in [4.69, 9.17) is 9.47 Å². The zero-order valence-corrected chi connectivity index (χ0v) is 21.5. The molecule has 0 unspecified atom stereocenters. The van der Waals surface area contributed by atoms with Crippen molar-refractivity contribution in [3.05, 3.63) is 66.5 Å². The van der Waals surface area contributed by atoms with Crippen LogP contribution in [0, 0.1) is 0 Å². The number of benzene rings is 2. The first kappa shape index (κ1) is 26.1. The molecule has 1 heterocycles. The SMILES string of the molecule is COc1ccc(-c2n(/N=C/c3ccc(N(C)C)cc3)cc[n+]2CC(=O)OC(C)(C)C)cc1.[Br-]. The number of ether oxygens (including phenoxy) is 2. The molecule has 0 aliphatic heterocycles. The Morgan fingerprint density at radius 2 is 1.73 bits per heavy atom. The van der Waals surface area contributed by atoms with Crippen LogP contribution in [0.4, 0.5) is 5.69 Å². The van der Waals surface area contributed by atoms with Crippen molar-refractivity contribution < 1.29 is 35.8 Å². The van der Waals surface area contributed by atoms with Crippen LogP contribution in [0.5, 0.6) is 5.75 Å². The highest BCUT2D eigenvalue weighted by atomic mass is 79.9. The molecule has 33 heavy (non-hydrogen) atoms. The number of carbonyl (C=O) groups excluding carboxylic acids is 1. The second-order valence-electron chi connectivity index (χ2n) is 8.64. The van der Waals surface area contributed by atoms with E-state index in [2.05, 4.69) is 5.10 Å². The second kappa shape index (κ2) is 11.1. The Hall–Kier alpha value is -3.13. The summed E-state index contributed by atoms with van der Waals surface area (Å²) in [4.78, 5) is 14.5. The van der Waals surface area contributed by atoms with E-state index in [1.165, 1.54) is 0 Å². The van der Waals surface area contributed by atoms with Gasteiger partial charge in [-0.1, -0.05) is 17.2 Å². The molecule has 0 bridgehead atoms. The highest BCUT2D eigenvalue weighted by molar-refractivity contribution is 5.80. The lowest BCUT2D eigenvalue weighted by Crippen LogP contribution is -3.00. The summed E-state index contributed by atoms with van der Waals surface area (Å²) in [6, 6.07) is 15.8. The molecular formula is C25H31BrN4O3. The van der Waals surface area contributed by atoms with E-state index in [0.717, 1.165) is 28.4 Å². The van der Waals surface area contributed by atoms with Crippen molar-refractivity contribution in [2.75, 3.05) is 26.1 Å². The van der Waals surface area contributed by atoms with Crippen LogP contribution in [0.2, 0.25) is 0 Å². The van der Waals surface area contributed by atoms with Gasteiger partial charge in [-0.3, -0.25) is 0 Å². The third-order valence-corrected chi connectivity index (χ3v) is 4.69. The summed E-state index contributed by atoms with van der Waals surface area (Å²) in [6.45, 7) is 5.66. The van der Waals surface area contributed by atoms with E-state index in [-0.39, 0.29) is 29.5 Å². The van der Waals surface area contributed by atoms with Gasteiger partial charge < -0.3 is 31.4 Å². The van der Waals surface area contributed by atoms with Gasteiger partial charge in [-0.25, -0.2) is 9.36 Å². The first-order chi connectivity index (χ1) is 15.2. The molecule has 1 aromatic heterocycles. The fourth-order valence-corrected chi connectivity index (χ4v) is 3.18. The first-order valence-corrected chi connectivity index (χ1v) is 10.4. The van der Waals surface area contributed by atoms with Crippen molar-refractivity contribution >= 4 is 17.9 Å². The third-order valence-electron chi connectivity index (χ3n) is 4.69. The molecule has 0 N–H and O–H groups in total. The predicted octanol–water partition coefficient (Wildman–Crippen LogP) is 0.745. The van der Waals surface area contributed by atoms with Gasteiger partial charge in [-0.15, -0.1) is 4.68 Å². The van der Waals surface area contributed by atoms with Crippen LogP contribution in [0.25, 0.3) is 11.4 Å². The van der Waals surface area contributed by atoms with Crippen molar-refractivity contribution in [1.82, 2.24) is 4.68 Å². The van der Waals surface area contributed by atoms with Gasteiger partial charge in [-0.05, 0) is 62.7 Å². The average Bonchev–Trinajstić information content (AvgIpc) is 3.13.